The van der Waals surface area contributed by atoms with Gasteiger partial charge in [0.15, 0.2) is 0 Å². The molecule has 8 nitrogen and oxygen atoms in total. The predicted octanol–water partition coefficient (Wildman–Crippen LogP) is 0.279. The fourth-order valence-electron chi connectivity index (χ4n) is 3.32. The van der Waals surface area contributed by atoms with Crippen molar-refractivity contribution < 1.29 is 22.7 Å². The number of amides is 1. The highest BCUT2D eigenvalue weighted by atomic mass is 32.2. The van der Waals surface area contributed by atoms with Gasteiger partial charge in [0.25, 0.3) is 5.91 Å². The van der Waals surface area contributed by atoms with E-state index in [-0.39, 0.29) is 22.4 Å². The van der Waals surface area contributed by atoms with Gasteiger partial charge in [0, 0.05) is 32.2 Å². The molecule has 1 amide bonds. The van der Waals surface area contributed by atoms with Crippen LogP contribution in [0, 0.1) is 0 Å². The van der Waals surface area contributed by atoms with Crippen LogP contribution in [-0.4, -0.2) is 76.1 Å². The van der Waals surface area contributed by atoms with Gasteiger partial charge in [0.2, 0.25) is 10.0 Å². The molecule has 2 N–H and O–H groups in total. The standard InChI is InChI=1S/C17H25N3O5S/c1-24-16-5-4-14(26(22,23)20-7-9-25-10-8-20)11-15(16)17(21)19-6-2-3-13(18)12-19/h4-5,11,13H,2-3,6-10,12,18H2,1H3. The van der Waals surface area contributed by atoms with Crippen LogP contribution in [0.2, 0.25) is 0 Å². The Labute approximate surface area is 153 Å². The summed E-state index contributed by atoms with van der Waals surface area (Å²) in [6, 6.07) is 4.36. The summed E-state index contributed by atoms with van der Waals surface area (Å²) < 4.78 is 37.6. The number of rotatable bonds is 4. The lowest BCUT2D eigenvalue weighted by molar-refractivity contribution is 0.0704. The summed E-state index contributed by atoms with van der Waals surface area (Å²) in [7, 11) is -2.22. The van der Waals surface area contributed by atoms with Gasteiger partial charge in [-0.15, -0.1) is 0 Å². The van der Waals surface area contributed by atoms with Crippen LogP contribution in [0.25, 0.3) is 0 Å². The lowest BCUT2D eigenvalue weighted by Gasteiger charge is -2.31. The SMILES string of the molecule is COc1ccc(S(=O)(=O)N2CCOCC2)cc1C(=O)N1CCCC(N)C1. The second-order valence-corrected chi connectivity index (χ2v) is 8.47. The largest absolute Gasteiger partial charge is 0.496 e. The molecule has 2 heterocycles. The Hall–Kier alpha value is -1.68. The Morgan fingerprint density at radius 2 is 2.00 bits per heavy atom. The second kappa shape index (κ2) is 7.91. The summed E-state index contributed by atoms with van der Waals surface area (Å²) in [6.07, 6.45) is 1.72. The molecule has 2 aliphatic heterocycles. The van der Waals surface area contributed by atoms with Crippen LogP contribution in [0.4, 0.5) is 0 Å². The molecule has 3 rings (SSSR count). The van der Waals surface area contributed by atoms with Gasteiger partial charge in [-0.3, -0.25) is 4.79 Å². The maximum absolute atomic E-state index is 12.9. The number of morpholine rings is 1. The van der Waals surface area contributed by atoms with Crippen LogP contribution < -0.4 is 10.5 Å². The minimum atomic E-state index is -3.68. The molecule has 1 aromatic carbocycles. The number of benzene rings is 1. The molecule has 1 atom stereocenters. The van der Waals surface area contributed by atoms with Crippen molar-refractivity contribution in [2.24, 2.45) is 5.73 Å². The van der Waals surface area contributed by atoms with Gasteiger partial charge in [0.05, 0.1) is 30.8 Å². The van der Waals surface area contributed by atoms with Gasteiger partial charge in [-0.1, -0.05) is 0 Å². The van der Waals surface area contributed by atoms with Crippen molar-refractivity contribution in [3.05, 3.63) is 23.8 Å². The molecule has 2 saturated heterocycles. The van der Waals surface area contributed by atoms with E-state index < -0.39 is 10.0 Å². The summed E-state index contributed by atoms with van der Waals surface area (Å²) in [5, 5.41) is 0. The molecule has 0 bridgehead atoms. The van der Waals surface area contributed by atoms with Crippen LogP contribution in [0.1, 0.15) is 23.2 Å². The molecule has 2 aliphatic rings. The smallest absolute Gasteiger partial charge is 0.257 e. The number of hydrogen-bond acceptors (Lipinski definition) is 6. The number of nitrogens with zero attached hydrogens (tertiary/aromatic N) is 2. The number of nitrogens with two attached hydrogens (primary N) is 1. The molecule has 0 saturated carbocycles. The number of hydrogen-bond donors (Lipinski definition) is 1. The maximum Gasteiger partial charge on any atom is 0.257 e. The number of piperidine rings is 1. The number of methoxy groups -OCH3 is 1. The molecule has 144 valence electrons. The first-order valence-electron chi connectivity index (χ1n) is 8.74. The van der Waals surface area contributed by atoms with Gasteiger partial charge in [-0.2, -0.15) is 4.31 Å². The topological polar surface area (TPSA) is 102 Å². The monoisotopic (exact) mass is 383 g/mol. The zero-order chi connectivity index (χ0) is 18.7. The molecule has 0 aliphatic carbocycles. The molecular formula is C17H25N3O5S. The second-order valence-electron chi connectivity index (χ2n) is 6.53. The summed E-state index contributed by atoms with van der Waals surface area (Å²) in [5.41, 5.74) is 6.21. The van der Waals surface area contributed by atoms with Gasteiger partial charge in [0.1, 0.15) is 5.75 Å². The number of likely N-dealkylation sites (tertiary alicyclic amines) is 1. The van der Waals surface area contributed by atoms with Crippen molar-refractivity contribution in [3.8, 4) is 5.75 Å². The maximum atomic E-state index is 12.9. The number of carbonyl (C=O) groups is 1. The molecule has 0 aromatic heterocycles. The van der Waals surface area contributed by atoms with Crippen molar-refractivity contribution >= 4 is 15.9 Å². The average Bonchev–Trinajstić information content (AvgIpc) is 2.67. The summed E-state index contributed by atoms with van der Waals surface area (Å²) in [5.74, 6) is 0.103. The number of ether oxygens (including phenoxy) is 2. The lowest BCUT2D eigenvalue weighted by atomic mass is 10.0. The van der Waals surface area contributed by atoms with Crippen LogP contribution in [-0.2, 0) is 14.8 Å². The fraction of sp³-hybridized carbons (Fsp3) is 0.588. The Balaban J connectivity index is 1.92. The Bertz CT molecular complexity index is 762. The van der Waals surface area contributed by atoms with Crippen LogP contribution >= 0.6 is 0 Å². The Morgan fingerprint density at radius 1 is 1.27 bits per heavy atom. The Morgan fingerprint density at radius 3 is 2.65 bits per heavy atom. The molecule has 0 spiro atoms. The minimum absolute atomic E-state index is 0.0565. The first-order chi connectivity index (χ1) is 12.4. The van der Waals surface area contributed by atoms with Crippen LogP contribution in [0.15, 0.2) is 23.1 Å². The highest BCUT2D eigenvalue weighted by Gasteiger charge is 2.30. The van der Waals surface area contributed by atoms with Crippen molar-refractivity contribution in [2.75, 3.05) is 46.5 Å². The third-order valence-corrected chi connectivity index (χ3v) is 6.65. The van der Waals surface area contributed by atoms with Gasteiger partial charge < -0.3 is 20.1 Å². The Kier molecular flexibility index (Phi) is 5.81. The van der Waals surface area contributed by atoms with E-state index in [4.69, 9.17) is 15.2 Å². The highest BCUT2D eigenvalue weighted by Crippen LogP contribution is 2.27. The summed E-state index contributed by atoms with van der Waals surface area (Å²) in [6.45, 7) is 2.41. The number of carbonyl (C=O) groups excluding carboxylic acids is 1. The summed E-state index contributed by atoms with van der Waals surface area (Å²) in [4.78, 5) is 14.7. The first-order valence-corrected chi connectivity index (χ1v) is 10.2. The molecule has 1 unspecified atom stereocenters. The van der Waals surface area contributed by atoms with Gasteiger partial charge in [-0.05, 0) is 31.0 Å². The van der Waals surface area contributed by atoms with E-state index in [2.05, 4.69) is 0 Å². The lowest BCUT2D eigenvalue weighted by Crippen LogP contribution is -2.45. The van der Waals surface area contributed by atoms with E-state index in [9.17, 15) is 13.2 Å². The number of sulfonamides is 1. The van der Waals surface area contributed by atoms with Gasteiger partial charge in [-0.25, -0.2) is 8.42 Å². The predicted molar refractivity (Wildman–Crippen MR) is 95.7 cm³/mol. The van der Waals surface area contributed by atoms with E-state index in [0.29, 0.717) is 45.1 Å². The summed E-state index contributed by atoms with van der Waals surface area (Å²) >= 11 is 0. The van der Waals surface area contributed by atoms with Gasteiger partial charge >= 0.3 is 0 Å². The van der Waals surface area contributed by atoms with E-state index in [0.717, 1.165) is 12.8 Å². The molecule has 1 aromatic rings. The zero-order valence-corrected chi connectivity index (χ0v) is 15.7. The third-order valence-electron chi connectivity index (χ3n) is 4.75. The van der Waals surface area contributed by atoms with Crippen LogP contribution in [0.5, 0.6) is 5.75 Å². The van der Waals surface area contributed by atoms with E-state index in [1.54, 1.807) is 4.90 Å². The molecule has 9 heteroatoms. The van der Waals surface area contributed by atoms with Crippen molar-refractivity contribution in [2.45, 2.75) is 23.8 Å². The quantitative estimate of drug-likeness (QED) is 0.801. The van der Waals surface area contributed by atoms with E-state index in [1.807, 2.05) is 0 Å². The van der Waals surface area contributed by atoms with Crippen molar-refractivity contribution in [1.82, 2.24) is 9.21 Å². The molecule has 26 heavy (non-hydrogen) atoms. The third kappa shape index (κ3) is 3.85. The van der Waals surface area contributed by atoms with Crippen molar-refractivity contribution in [3.63, 3.8) is 0 Å². The van der Waals surface area contributed by atoms with E-state index >= 15 is 0 Å². The molecular weight excluding hydrogens is 358 g/mol. The first kappa shape index (κ1) is 19.1. The van der Waals surface area contributed by atoms with Crippen LogP contribution in [0.3, 0.4) is 0 Å². The van der Waals surface area contributed by atoms with E-state index in [1.165, 1.54) is 29.6 Å². The molecule has 2 fully saturated rings. The molecule has 0 radical (unpaired) electrons. The highest BCUT2D eigenvalue weighted by molar-refractivity contribution is 7.89. The van der Waals surface area contributed by atoms with Crippen molar-refractivity contribution in [1.29, 1.82) is 0 Å². The fourth-order valence-corrected chi connectivity index (χ4v) is 4.75. The average molecular weight is 383 g/mol. The minimum Gasteiger partial charge on any atom is -0.496 e. The zero-order valence-electron chi connectivity index (χ0n) is 14.9. The normalized spacial score (nSPS) is 22.2.